The number of hydrogen-bond donors (Lipinski definition) is 11. The zero-order valence-electron chi connectivity index (χ0n) is 27.5. The molecule has 11 nitrogen and oxygen atoms in total. The lowest BCUT2D eigenvalue weighted by Crippen LogP contribution is -2.39. The first-order valence-corrected chi connectivity index (χ1v) is 16.5. The molecule has 10 atom stereocenters. The van der Waals surface area contributed by atoms with E-state index >= 15 is 0 Å². The van der Waals surface area contributed by atoms with Crippen LogP contribution in [0.4, 0.5) is 0 Å². The van der Waals surface area contributed by atoms with E-state index in [1.807, 2.05) is 0 Å². The highest BCUT2D eigenvalue weighted by atomic mass is 16.3. The van der Waals surface area contributed by atoms with Gasteiger partial charge in [-0.25, -0.2) is 0 Å². The van der Waals surface area contributed by atoms with E-state index in [2.05, 4.69) is 33.0 Å². The van der Waals surface area contributed by atoms with Crippen molar-refractivity contribution in [3.63, 3.8) is 0 Å². The predicted molar refractivity (Wildman–Crippen MR) is 174 cm³/mol. The topological polar surface area (TPSA) is 220 Å². The number of hydrogen-bond acceptors (Lipinski definition) is 11. The maximum Gasteiger partial charge on any atom is 0.0745 e. The van der Waals surface area contributed by atoms with Gasteiger partial charge in [0.15, 0.2) is 0 Å². The molecular formula is C33H66N2O9. The molecule has 0 bridgehead atoms. The van der Waals surface area contributed by atoms with E-state index in [0.717, 1.165) is 6.54 Å². The quantitative estimate of drug-likeness (QED) is 0.0569. The van der Waals surface area contributed by atoms with E-state index in [1.165, 1.54) is 12.2 Å². The molecule has 0 spiro atoms. The Hall–Kier alpha value is -0.960. The van der Waals surface area contributed by atoms with Crippen molar-refractivity contribution < 1.29 is 46.0 Å². The summed E-state index contributed by atoms with van der Waals surface area (Å²) in [6.45, 7) is 9.75. The number of aliphatic hydroxyl groups is 9. The summed E-state index contributed by atoms with van der Waals surface area (Å²) in [5, 5.41) is 95.1. The predicted octanol–water partition coefficient (Wildman–Crippen LogP) is 0.867. The van der Waals surface area contributed by atoms with Crippen LogP contribution >= 0.6 is 0 Å². The average Bonchev–Trinajstić information content (AvgIpc) is 2.88. The molecule has 0 saturated heterocycles. The van der Waals surface area contributed by atoms with Gasteiger partial charge in [0, 0.05) is 18.9 Å². The summed E-state index contributed by atoms with van der Waals surface area (Å²) in [5.41, 5.74) is 5.41. The van der Waals surface area contributed by atoms with Crippen molar-refractivity contribution in [3.05, 3.63) is 24.3 Å². The van der Waals surface area contributed by atoms with E-state index in [4.69, 9.17) is 5.73 Å². The Bertz CT molecular complexity index is 740. The van der Waals surface area contributed by atoms with Crippen LogP contribution in [0.1, 0.15) is 98.3 Å². The molecule has 0 aliphatic heterocycles. The number of nitrogens with one attached hydrogen (secondary N) is 1. The third-order valence-electron chi connectivity index (χ3n) is 7.60. The van der Waals surface area contributed by atoms with Crippen LogP contribution in [0.3, 0.4) is 0 Å². The molecule has 10 unspecified atom stereocenters. The molecule has 11 heteroatoms. The van der Waals surface area contributed by atoms with Gasteiger partial charge in [-0.3, -0.25) is 0 Å². The van der Waals surface area contributed by atoms with Crippen LogP contribution in [-0.2, 0) is 0 Å². The third-order valence-corrected chi connectivity index (χ3v) is 7.60. The van der Waals surface area contributed by atoms with Gasteiger partial charge in [-0.15, -0.1) is 0 Å². The van der Waals surface area contributed by atoms with Crippen LogP contribution in [0.5, 0.6) is 0 Å². The Morgan fingerprint density at radius 1 is 0.545 bits per heavy atom. The zero-order valence-corrected chi connectivity index (χ0v) is 27.5. The molecule has 0 amide bonds. The fraction of sp³-hybridized carbons (Fsp3) is 0.879. The summed E-state index contributed by atoms with van der Waals surface area (Å²) in [7, 11) is 0. The fourth-order valence-electron chi connectivity index (χ4n) is 5.08. The second-order valence-electron chi connectivity index (χ2n) is 13.3. The third kappa shape index (κ3) is 24.3. The molecule has 0 aromatic carbocycles. The van der Waals surface area contributed by atoms with Crippen molar-refractivity contribution >= 4 is 0 Å². The van der Waals surface area contributed by atoms with Gasteiger partial charge in [0.05, 0.1) is 54.9 Å². The molecule has 0 fully saturated rings. The van der Waals surface area contributed by atoms with Crippen LogP contribution < -0.4 is 11.1 Å². The Morgan fingerprint density at radius 2 is 0.955 bits per heavy atom. The van der Waals surface area contributed by atoms with E-state index in [-0.39, 0.29) is 57.4 Å². The van der Waals surface area contributed by atoms with E-state index in [0.29, 0.717) is 37.6 Å². The molecule has 0 aromatic rings. The highest BCUT2D eigenvalue weighted by Crippen LogP contribution is 2.17. The van der Waals surface area contributed by atoms with Gasteiger partial charge >= 0.3 is 0 Å². The average molecular weight is 635 g/mol. The molecule has 0 radical (unpaired) electrons. The maximum absolute atomic E-state index is 10.5. The van der Waals surface area contributed by atoms with Crippen LogP contribution in [-0.4, -0.2) is 120 Å². The summed E-state index contributed by atoms with van der Waals surface area (Å²) >= 11 is 0. The van der Waals surface area contributed by atoms with Crippen molar-refractivity contribution in [1.29, 1.82) is 0 Å². The smallest absolute Gasteiger partial charge is 0.0745 e. The van der Waals surface area contributed by atoms with Crippen LogP contribution in [0, 0.1) is 11.8 Å². The summed E-state index contributed by atoms with van der Waals surface area (Å²) in [6, 6.07) is 0.132. The minimum atomic E-state index is -1.00. The Kier molecular flexibility index (Phi) is 24.6. The summed E-state index contributed by atoms with van der Waals surface area (Å²) < 4.78 is 0. The van der Waals surface area contributed by atoms with Gasteiger partial charge in [-0.1, -0.05) is 52.0 Å². The standard InChI is InChI=1S/C33H66N2O9/c1-22(2)21-35-33(23(3)4)20-32(44)19-31(43)17-27(39)11-6-10-26(38)16-30(42)18-29(41)15-25(37)9-5-8-24(36)14-28(40)12-7-13-34/h5-6,9,11,22-33,35-44H,7-8,10,12-21,34H2,1-4H3. The lowest BCUT2D eigenvalue weighted by molar-refractivity contribution is 0.0260. The molecule has 0 aliphatic rings. The van der Waals surface area contributed by atoms with Gasteiger partial charge in [0.2, 0.25) is 0 Å². The molecule has 44 heavy (non-hydrogen) atoms. The molecule has 12 N–H and O–H groups in total. The highest BCUT2D eigenvalue weighted by molar-refractivity contribution is 4.93. The highest BCUT2D eigenvalue weighted by Gasteiger charge is 2.22. The largest absolute Gasteiger partial charge is 0.393 e. The van der Waals surface area contributed by atoms with Gasteiger partial charge in [-0.05, 0) is 82.7 Å². The van der Waals surface area contributed by atoms with E-state index in [1.54, 1.807) is 12.2 Å². The van der Waals surface area contributed by atoms with Crippen molar-refractivity contribution in [1.82, 2.24) is 5.32 Å². The van der Waals surface area contributed by atoms with Gasteiger partial charge in [0.1, 0.15) is 0 Å². The first-order chi connectivity index (χ1) is 20.6. The summed E-state index contributed by atoms with van der Waals surface area (Å²) in [5.74, 6) is 0.828. The normalized spacial score (nSPS) is 19.7. The second-order valence-corrected chi connectivity index (χ2v) is 13.3. The number of nitrogens with two attached hydrogens (primary N) is 1. The SMILES string of the molecule is CC(C)CNC(CC(O)CC(O)CC(O)C=CCC(O)CC(O)CC(O)CC(O)C=CCC(O)CC(O)CCCN)C(C)C. The second kappa shape index (κ2) is 25.2. The lowest BCUT2D eigenvalue weighted by atomic mass is 9.94. The van der Waals surface area contributed by atoms with Gasteiger partial charge < -0.3 is 57.0 Å². The first kappa shape index (κ1) is 43.0. The van der Waals surface area contributed by atoms with Crippen LogP contribution in [0.15, 0.2) is 24.3 Å². The Labute approximate surface area is 265 Å². The van der Waals surface area contributed by atoms with Gasteiger partial charge in [-0.2, -0.15) is 0 Å². The Morgan fingerprint density at radius 3 is 1.39 bits per heavy atom. The molecule has 0 aromatic heterocycles. The first-order valence-electron chi connectivity index (χ1n) is 16.5. The molecule has 0 aliphatic carbocycles. The monoisotopic (exact) mass is 634 g/mol. The lowest BCUT2D eigenvalue weighted by Gasteiger charge is -2.27. The minimum absolute atomic E-state index is 0.00121. The molecule has 0 rings (SSSR count). The maximum atomic E-state index is 10.5. The molecule has 262 valence electrons. The van der Waals surface area contributed by atoms with Crippen LogP contribution in [0.2, 0.25) is 0 Å². The van der Waals surface area contributed by atoms with E-state index < -0.39 is 54.9 Å². The van der Waals surface area contributed by atoms with Crippen molar-refractivity contribution in [2.75, 3.05) is 13.1 Å². The number of rotatable bonds is 27. The van der Waals surface area contributed by atoms with Gasteiger partial charge in [0.25, 0.3) is 0 Å². The zero-order chi connectivity index (χ0) is 33.7. The summed E-state index contributed by atoms with van der Waals surface area (Å²) in [4.78, 5) is 0. The molecule has 0 heterocycles. The van der Waals surface area contributed by atoms with Crippen LogP contribution in [0.25, 0.3) is 0 Å². The van der Waals surface area contributed by atoms with E-state index in [9.17, 15) is 46.0 Å². The van der Waals surface area contributed by atoms with Crippen molar-refractivity contribution in [2.24, 2.45) is 17.6 Å². The fourth-order valence-corrected chi connectivity index (χ4v) is 5.08. The Balaban J connectivity index is 4.33. The molecule has 0 saturated carbocycles. The number of aliphatic hydroxyl groups excluding tert-OH is 9. The van der Waals surface area contributed by atoms with Crippen molar-refractivity contribution in [3.8, 4) is 0 Å². The minimum Gasteiger partial charge on any atom is -0.393 e. The summed E-state index contributed by atoms with van der Waals surface area (Å²) in [6.07, 6.45) is 0.776. The van der Waals surface area contributed by atoms with Crippen molar-refractivity contribution in [2.45, 2.75) is 159 Å². The molecular weight excluding hydrogens is 568 g/mol.